The van der Waals surface area contributed by atoms with Crippen LogP contribution in [0.15, 0.2) is 54.6 Å². The van der Waals surface area contributed by atoms with Crippen molar-refractivity contribution in [3.63, 3.8) is 0 Å². The third-order valence-electron chi connectivity index (χ3n) is 4.55. The first kappa shape index (κ1) is 20.2. The van der Waals surface area contributed by atoms with Gasteiger partial charge in [-0.1, -0.05) is 68.4 Å². The van der Waals surface area contributed by atoms with E-state index in [0.717, 1.165) is 11.1 Å². The molecule has 2 rings (SSSR count). The quantitative estimate of drug-likeness (QED) is 0.835. The van der Waals surface area contributed by atoms with E-state index in [0.29, 0.717) is 13.0 Å². The van der Waals surface area contributed by atoms with Crippen LogP contribution in [-0.2, 0) is 11.2 Å². The van der Waals surface area contributed by atoms with E-state index in [9.17, 15) is 4.79 Å². The minimum atomic E-state index is -0.360. The van der Waals surface area contributed by atoms with E-state index in [4.69, 9.17) is 5.73 Å². The lowest BCUT2D eigenvalue weighted by molar-refractivity contribution is -0.122. The van der Waals surface area contributed by atoms with Crippen molar-refractivity contribution < 1.29 is 4.79 Å². The summed E-state index contributed by atoms with van der Waals surface area (Å²) in [6.07, 6.45) is 0.372. The number of nitrogens with two attached hydrogens (primary N) is 1. The van der Waals surface area contributed by atoms with E-state index in [1.807, 2.05) is 37.3 Å². The van der Waals surface area contributed by atoms with Crippen molar-refractivity contribution in [1.29, 1.82) is 0 Å². The van der Waals surface area contributed by atoms with Crippen LogP contribution in [0.2, 0.25) is 0 Å². The van der Waals surface area contributed by atoms with Crippen LogP contribution >= 0.6 is 12.4 Å². The van der Waals surface area contributed by atoms with E-state index in [2.05, 4.69) is 43.4 Å². The Labute approximate surface area is 151 Å². The summed E-state index contributed by atoms with van der Waals surface area (Å²) in [7, 11) is 0. The molecule has 0 aliphatic carbocycles. The number of benzene rings is 2. The van der Waals surface area contributed by atoms with Gasteiger partial charge in [0.25, 0.3) is 0 Å². The SMILES string of the molecule is CC(C)C(C)(CN)NC(=O)Cc1ccc(-c2ccccc2)cc1.Cl. The fraction of sp³-hybridized carbons (Fsp3) is 0.350. The van der Waals surface area contributed by atoms with Crippen molar-refractivity contribution in [3.8, 4) is 11.1 Å². The molecule has 3 nitrogen and oxygen atoms in total. The maximum atomic E-state index is 12.3. The standard InChI is InChI=1S/C20H26N2O.ClH/c1-15(2)20(3,14-21)22-19(23)13-16-9-11-18(12-10-16)17-7-5-4-6-8-17;/h4-12,15H,13-14,21H2,1-3H3,(H,22,23);1H. The van der Waals surface area contributed by atoms with Gasteiger partial charge >= 0.3 is 0 Å². The third-order valence-corrected chi connectivity index (χ3v) is 4.55. The monoisotopic (exact) mass is 346 g/mol. The van der Waals surface area contributed by atoms with Gasteiger partial charge in [0.05, 0.1) is 12.0 Å². The molecule has 0 saturated carbocycles. The molecule has 0 bridgehead atoms. The lowest BCUT2D eigenvalue weighted by Crippen LogP contribution is -2.55. The average Bonchev–Trinajstić information content (AvgIpc) is 2.56. The Morgan fingerprint density at radius 1 is 1.04 bits per heavy atom. The molecule has 2 aromatic rings. The van der Waals surface area contributed by atoms with Crippen LogP contribution in [-0.4, -0.2) is 18.0 Å². The highest BCUT2D eigenvalue weighted by Gasteiger charge is 2.28. The predicted octanol–water partition coefficient (Wildman–Crippen LogP) is 3.81. The first-order chi connectivity index (χ1) is 10.9. The van der Waals surface area contributed by atoms with Crippen LogP contribution in [0.4, 0.5) is 0 Å². The number of rotatable bonds is 6. The average molecular weight is 347 g/mol. The van der Waals surface area contributed by atoms with Gasteiger partial charge in [-0.15, -0.1) is 12.4 Å². The lowest BCUT2D eigenvalue weighted by Gasteiger charge is -2.33. The Bertz CT molecular complexity index is 640. The molecule has 3 N–H and O–H groups in total. The summed E-state index contributed by atoms with van der Waals surface area (Å²) in [5.74, 6) is 0.302. The number of halogens is 1. The normalized spacial score (nSPS) is 13.0. The largest absolute Gasteiger partial charge is 0.349 e. The molecule has 130 valence electrons. The second-order valence-corrected chi connectivity index (χ2v) is 6.56. The van der Waals surface area contributed by atoms with Crippen molar-refractivity contribution >= 4 is 18.3 Å². The second kappa shape index (κ2) is 8.86. The molecule has 0 radical (unpaired) electrons. The fourth-order valence-electron chi connectivity index (χ4n) is 2.42. The Hall–Kier alpha value is -1.84. The minimum absolute atomic E-state index is 0. The van der Waals surface area contributed by atoms with Gasteiger partial charge in [-0.25, -0.2) is 0 Å². The van der Waals surface area contributed by atoms with Crippen molar-refractivity contribution in [2.45, 2.75) is 32.7 Å². The van der Waals surface area contributed by atoms with E-state index < -0.39 is 0 Å². The number of hydrogen-bond acceptors (Lipinski definition) is 2. The van der Waals surface area contributed by atoms with Gasteiger partial charge < -0.3 is 11.1 Å². The molecule has 0 spiro atoms. The van der Waals surface area contributed by atoms with E-state index in [-0.39, 0.29) is 29.8 Å². The molecule has 4 heteroatoms. The summed E-state index contributed by atoms with van der Waals surface area (Å²) in [6.45, 7) is 6.57. The smallest absolute Gasteiger partial charge is 0.224 e. The van der Waals surface area contributed by atoms with E-state index in [1.165, 1.54) is 5.56 Å². The Morgan fingerprint density at radius 3 is 2.08 bits per heavy atom. The zero-order valence-electron chi connectivity index (χ0n) is 14.6. The van der Waals surface area contributed by atoms with Gasteiger partial charge in [0.15, 0.2) is 0 Å². The van der Waals surface area contributed by atoms with Gasteiger partial charge in [-0.2, -0.15) is 0 Å². The highest BCUT2D eigenvalue weighted by Crippen LogP contribution is 2.20. The van der Waals surface area contributed by atoms with Crippen LogP contribution in [0.3, 0.4) is 0 Å². The van der Waals surface area contributed by atoms with Crippen molar-refractivity contribution in [3.05, 3.63) is 60.2 Å². The zero-order valence-corrected chi connectivity index (χ0v) is 15.4. The molecule has 1 unspecified atom stereocenters. The predicted molar refractivity (Wildman–Crippen MR) is 103 cm³/mol. The Balaban J connectivity index is 0.00000288. The van der Waals surface area contributed by atoms with Crippen LogP contribution in [0.25, 0.3) is 11.1 Å². The molecule has 0 fully saturated rings. The van der Waals surface area contributed by atoms with E-state index >= 15 is 0 Å². The van der Waals surface area contributed by atoms with Crippen LogP contribution in [0.5, 0.6) is 0 Å². The second-order valence-electron chi connectivity index (χ2n) is 6.56. The maximum absolute atomic E-state index is 12.3. The highest BCUT2D eigenvalue weighted by atomic mass is 35.5. The van der Waals surface area contributed by atoms with Crippen LogP contribution < -0.4 is 11.1 Å². The third kappa shape index (κ3) is 5.08. The minimum Gasteiger partial charge on any atom is -0.349 e. The number of carbonyl (C=O) groups is 1. The fourth-order valence-corrected chi connectivity index (χ4v) is 2.42. The highest BCUT2D eigenvalue weighted by molar-refractivity contribution is 5.85. The summed E-state index contributed by atoms with van der Waals surface area (Å²) in [5.41, 5.74) is 8.80. The van der Waals surface area contributed by atoms with Crippen molar-refractivity contribution in [1.82, 2.24) is 5.32 Å². The van der Waals surface area contributed by atoms with Gasteiger partial charge in [0, 0.05) is 6.54 Å². The molecule has 0 aliphatic rings. The zero-order chi connectivity index (χ0) is 16.9. The summed E-state index contributed by atoms with van der Waals surface area (Å²) in [4.78, 5) is 12.3. The van der Waals surface area contributed by atoms with Gasteiger partial charge in [-0.05, 0) is 29.5 Å². The molecule has 1 amide bonds. The molecule has 2 aromatic carbocycles. The van der Waals surface area contributed by atoms with Gasteiger partial charge in [-0.3, -0.25) is 4.79 Å². The van der Waals surface area contributed by atoms with Gasteiger partial charge in [0.2, 0.25) is 5.91 Å². The molecule has 0 saturated heterocycles. The molecule has 0 heterocycles. The number of nitrogens with one attached hydrogen (secondary N) is 1. The lowest BCUT2D eigenvalue weighted by atomic mass is 9.88. The summed E-state index contributed by atoms with van der Waals surface area (Å²) in [6, 6.07) is 18.4. The van der Waals surface area contributed by atoms with Crippen LogP contribution in [0, 0.1) is 5.92 Å². The van der Waals surface area contributed by atoms with E-state index in [1.54, 1.807) is 0 Å². The number of hydrogen-bond donors (Lipinski definition) is 2. The molecular weight excluding hydrogens is 320 g/mol. The first-order valence-electron chi connectivity index (χ1n) is 8.10. The molecular formula is C20H27ClN2O. The summed E-state index contributed by atoms with van der Waals surface area (Å²) >= 11 is 0. The Kier molecular flexibility index (Phi) is 7.46. The summed E-state index contributed by atoms with van der Waals surface area (Å²) < 4.78 is 0. The van der Waals surface area contributed by atoms with Gasteiger partial charge in [0.1, 0.15) is 0 Å². The molecule has 24 heavy (non-hydrogen) atoms. The number of amides is 1. The Morgan fingerprint density at radius 2 is 1.58 bits per heavy atom. The molecule has 0 aromatic heterocycles. The number of carbonyl (C=O) groups excluding carboxylic acids is 1. The maximum Gasteiger partial charge on any atom is 0.224 e. The van der Waals surface area contributed by atoms with Crippen molar-refractivity contribution in [2.75, 3.05) is 6.54 Å². The summed E-state index contributed by atoms with van der Waals surface area (Å²) in [5, 5.41) is 3.07. The molecule has 0 aliphatic heterocycles. The topological polar surface area (TPSA) is 55.1 Å². The van der Waals surface area contributed by atoms with Crippen molar-refractivity contribution in [2.24, 2.45) is 11.7 Å². The molecule has 1 atom stereocenters. The van der Waals surface area contributed by atoms with Crippen LogP contribution in [0.1, 0.15) is 26.3 Å². The first-order valence-corrected chi connectivity index (χ1v) is 8.10.